The lowest BCUT2D eigenvalue weighted by Crippen LogP contribution is -2.46. The lowest BCUT2D eigenvalue weighted by atomic mass is 9.67. The molecule has 0 saturated heterocycles. The molecule has 0 heterocycles. The van der Waals surface area contributed by atoms with Gasteiger partial charge < -0.3 is 9.47 Å². The lowest BCUT2D eigenvalue weighted by Gasteiger charge is -2.45. The van der Waals surface area contributed by atoms with E-state index in [1.54, 1.807) is 0 Å². The van der Waals surface area contributed by atoms with Crippen molar-refractivity contribution in [2.45, 2.75) is 51.7 Å². The van der Waals surface area contributed by atoms with Gasteiger partial charge in [-0.05, 0) is 37.5 Å². The molecule has 0 aromatic rings. The highest BCUT2D eigenvalue weighted by atomic mass is 16.6. The van der Waals surface area contributed by atoms with Crippen LogP contribution in [-0.2, 0) is 19.1 Å². The average molecular weight is 226 g/mol. The second kappa shape index (κ2) is 4.44. The molecule has 0 aromatic carbocycles. The van der Waals surface area contributed by atoms with Crippen LogP contribution in [0.5, 0.6) is 0 Å². The van der Waals surface area contributed by atoms with E-state index in [0.717, 1.165) is 25.7 Å². The highest BCUT2D eigenvalue weighted by molar-refractivity contribution is 5.66. The number of hydrogen-bond donors (Lipinski definition) is 0. The summed E-state index contributed by atoms with van der Waals surface area (Å²) >= 11 is 0. The molecule has 0 N–H and O–H groups in total. The van der Waals surface area contributed by atoms with Gasteiger partial charge in [0.15, 0.2) is 0 Å². The molecule has 3 aliphatic carbocycles. The first kappa shape index (κ1) is 11.4. The van der Waals surface area contributed by atoms with Crippen LogP contribution in [0, 0.1) is 11.8 Å². The van der Waals surface area contributed by atoms with Crippen LogP contribution in [0.4, 0.5) is 0 Å². The third-order valence-electron chi connectivity index (χ3n) is 3.66. The summed E-state index contributed by atoms with van der Waals surface area (Å²) in [6.07, 6.45) is 3.96. The number of hydrogen-bond acceptors (Lipinski definition) is 4. The van der Waals surface area contributed by atoms with Crippen molar-refractivity contribution in [2.24, 2.45) is 11.8 Å². The van der Waals surface area contributed by atoms with Crippen LogP contribution < -0.4 is 0 Å². The number of esters is 2. The molecule has 4 nitrogen and oxygen atoms in total. The Labute approximate surface area is 95.3 Å². The molecule has 16 heavy (non-hydrogen) atoms. The van der Waals surface area contributed by atoms with Crippen LogP contribution >= 0.6 is 0 Å². The molecule has 0 spiro atoms. The van der Waals surface area contributed by atoms with E-state index in [-0.39, 0.29) is 24.1 Å². The largest absolute Gasteiger partial charge is 0.462 e. The van der Waals surface area contributed by atoms with Gasteiger partial charge in [-0.25, -0.2) is 0 Å². The van der Waals surface area contributed by atoms with Crippen molar-refractivity contribution in [3.05, 3.63) is 0 Å². The van der Waals surface area contributed by atoms with Crippen molar-refractivity contribution in [3.63, 3.8) is 0 Å². The summed E-state index contributed by atoms with van der Waals surface area (Å²) in [5.41, 5.74) is 0. The molecular weight excluding hydrogens is 208 g/mol. The van der Waals surface area contributed by atoms with Gasteiger partial charge in [0.1, 0.15) is 12.2 Å². The van der Waals surface area contributed by atoms with Crippen LogP contribution in [0.3, 0.4) is 0 Å². The van der Waals surface area contributed by atoms with E-state index in [1.165, 1.54) is 13.8 Å². The fourth-order valence-corrected chi connectivity index (χ4v) is 3.04. The molecule has 90 valence electrons. The second-order valence-corrected chi connectivity index (χ2v) is 4.86. The highest BCUT2D eigenvalue weighted by Gasteiger charge is 2.44. The Morgan fingerprint density at radius 2 is 1.25 bits per heavy atom. The van der Waals surface area contributed by atoms with Crippen LogP contribution in [-0.4, -0.2) is 24.1 Å². The van der Waals surface area contributed by atoms with Crippen molar-refractivity contribution >= 4 is 11.9 Å². The van der Waals surface area contributed by atoms with E-state index < -0.39 is 0 Å². The molecule has 3 rings (SSSR count). The topological polar surface area (TPSA) is 52.6 Å². The predicted octanol–water partition coefficient (Wildman–Crippen LogP) is 1.67. The van der Waals surface area contributed by atoms with Crippen LogP contribution in [0.25, 0.3) is 0 Å². The first-order chi connectivity index (χ1) is 7.56. The Morgan fingerprint density at radius 1 is 0.875 bits per heavy atom. The number of carbonyl (C=O) groups is 2. The first-order valence-corrected chi connectivity index (χ1v) is 5.90. The third kappa shape index (κ3) is 2.36. The summed E-state index contributed by atoms with van der Waals surface area (Å²) in [6, 6.07) is 0. The molecule has 2 bridgehead atoms. The molecular formula is C12H18O4. The minimum absolute atomic E-state index is 0.0445. The van der Waals surface area contributed by atoms with Gasteiger partial charge in [-0.1, -0.05) is 0 Å². The third-order valence-corrected chi connectivity index (χ3v) is 3.66. The lowest BCUT2D eigenvalue weighted by molar-refractivity contribution is -0.172. The van der Waals surface area contributed by atoms with E-state index in [2.05, 4.69) is 0 Å². The summed E-state index contributed by atoms with van der Waals surface area (Å²) in [6.45, 7) is 2.90. The van der Waals surface area contributed by atoms with Crippen molar-refractivity contribution in [1.82, 2.24) is 0 Å². The molecule has 0 aliphatic heterocycles. The maximum absolute atomic E-state index is 10.9. The summed E-state index contributed by atoms with van der Waals surface area (Å²) in [5, 5.41) is 0. The van der Waals surface area contributed by atoms with Crippen molar-refractivity contribution in [3.8, 4) is 0 Å². The molecule has 0 radical (unpaired) electrons. The normalized spacial score (nSPS) is 36.9. The first-order valence-electron chi connectivity index (χ1n) is 5.90. The molecule has 3 saturated carbocycles. The summed E-state index contributed by atoms with van der Waals surface area (Å²) in [4.78, 5) is 21.9. The molecule has 4 heteroatoms. The van der Waals surface area contributed by atoms with Crippen LogP contribution in [0.1, 0.15) is 39.5 Å². The number of fused-ring (bicyclic) bond motifs is 3. The minimum atomic E-state index is -0.207. The van der Waals surface area contributed by atoms with Gasteiger partial charge in [0.05, 0.1) is 0 Å². The number of rotatable bonds is 2. The van der Waals surface area contributed by atoms with Crippen molar-refractivity contribution in [1.29, 1.82) is 0 Å². The number of carbonyl (C=O) groups excluding carboxylic acids is 2. The fraction of sp³-hybridized carbons (Fsp3) is 0.833. The summed E-state index contributed by atoms with van der Waals surface area (Å²) in [5.74, 6) is 0.333. The van der Waals surface area contributed by atoms with Gasteiger partial charge in [-0.15, -0.1) is 0 Å². The zero-order valence-corrected chi connectivity index (χ0v) is 9.77. The number of ether oxygens (including phenoxy) is 2. The Morgan fingerprint density at radius 3 is 1.50 bits per heavy atom. The Bertz CT molecular complexity index is 269. The molecule has 4 atom stereocenters. The Kier molecular flexibility index (Phi) is 3.17. The zero-order valence-electron chi connectivity index (χ0n) is 9.77. The SMILES string of the molecule is CC(=O)O[C@@H]1C[C@@H]2CC[C@H]1C[C@H]2OC(C)=O. The monoisotopic (exact) mass is 226 g/mol. The van der Waals surface area contributed by atoms with Crippen LogP contribution in [0.15, 0.2) is 0 Å². The van der Waals surface area contributed by atoms with Gasteiger partial charge >= 0.3 is 11.9 Å². The van der Waals surface area contributed by atoms with E-state index in [9.17, 15) is 9.59 Å². The molecule has 0 aromatic heterocycles. The van der Waals surface area contributed by atoms with Crippen molar-refractivity contribution in [2.75, 3.05) is 0 Å². The van der Waals surface area contributed by atoms with E-state index in [1.807, 2.05) is 0 Å². The van der Waals surface area contributed by atoms with E-state index in [0.29, 0.717) is 11.8 Å². The quantitative estimate of drug-likeness (QED) is 0.672. The van der Waals surface area contributed by atoms with Crippen molar-refractivity contribution < 1.29 is 19.1 Å². The highest BCUT2D eigenvalue weighted by Crippen LogP contribution is 2.44. The smallest absolute Gasteiger partial charge is 0.302 e. The average Bonchev–Trinajstić information content (AvgIpc) is 2.17. The van der Waals surface area contributed by atoms with Gasteiger partial charge in [-0.3, -0.25) is 9.59 Å². The van der Waals surface area contributed by atoms with E-state index in [4.69, 9.17) is 9.47 Å². The standard InChI is InChI=1S/C12H18O4/c1-7(13)15-11-5-10-4-3-9(11)6-12(10)16-8(2)14/h9-12H,3-6H2,1-2H3/t9-,10-,11+,12+/m0/s1. The summed E-state index contributed by atoms with van der Waals surface area (Å²) in [7, 11) is 0. The molecule has 0 unspecified atom stereocenters. The van der Waals surface area contributed by atoms with Gasteiger partial charge in [0.25, 0.3) is 0 Å². The molecule has 0 amide bonds. The molecule has 3 fully saturated rings. The second-order valence-electron chi connectivity index (χ2n) is 4.86. The predicted molar refractivity (Wildman–Crippen MR) is 56.6 cm³/mol. The minimum Gasteiger partial charge on any atom is -0.462 e. The van der Waals surface area contributed by atoms with Crippen LogP contribution in [0.2, 0.25) is 0 Å². The van der Waals surface area contributed by atoms with Gasteiger partial charge in [-0.2, -0.15) is 0 Å². The zero-order chi connectivity index (χ0) is 11.7. The maximum atomic E-state index is 10.9. The fourth-order valence-electron chi connectivity index (χ4n) is 3.04. The van der Waals surface area contributed by atoms with E-state index >= 15 is 0 Å². The Hall–Kier alpha value is -1.06. The summed E-state index contributed by atoms with van der Waals surface area (Å²) < 4.78 is 10.6. The molecule has 3 aliphatic rings. The van der Waals surface area contributed by atoms with Gasteiger partial charge in [0, 0.05) is 13.8 Å². The maximum Gasteiger partial charge on any atom is 0.302 e. The Balaban J connectivity index is 1.95. The van der Waals surface area contributed by atoms with Gasteiger partial charge in [0.2, 0.25) is 0 Å².